The number of thiophene rings is 1. The average molecular weight is 168 g/mol. The van der Waals surface area contributed by atoms with Crippen LogP contribution >= 0.6 is 11.3 Å². The van der Waals surface area contributed by atoms with Gasteiger partial charge in [-0.2, -0.15) is 0 Å². The Morgan fingerprint density at radius 2 is 2.64 bits per heavy atom. The van der Waals surface area contributed by atoms with Crippen LogP contribution in [-0.4, -0.2) is 19.1 Å². The third-order valence-electron chi connectivity index (χ3n) is 1.03. The van der Waals surface area contributed by atoms with Gasteiger partial charge in [0, 0.05) is 0 Å². The summed E-state index contributed by atoms with van der Waals surface area (Å²) in [5.74, 6) is 0. The molecule has 0 N–H and O–H groups in total. The SMILES string of the molecule is CON=C([C]=O)c1cccs1. The van der Waals surface area contributed by atoms with E-state index in [1.165, 1.54) is 18.4 Å². The Balaban J connectivity index is 2.88. The molecule has 0 aliphatic heterocycles. The second-order valence-electron chi connectivity index (χ2n) is 1.70. The number of rotatable bonds is 3. The van der Waals surface area contributed by atoms with Crippen molar-refractivity contribution in [2.75, 3.05) is 7.11 Å². The molecule has 1 aromatic rings. The minimum Gasteiger partial charge on any atom is -0.399 e. The van der Waals surface area contributed by atoms with Crippen molar-refractivity contribution in [2.24, 2.45) is 5.16 Å². The fourth-order valence-corrected chi connectivity index (χ4v) is 1.27. The highest BCUT2D eigenvalue weighted by atomic mass is 32.1. The number of oxime groups is 1. The first kappa shape index (κ1) is 7.94. The topological polar surface area (TPSA) is 38.7 Å². The van der Waals surface area contributed by atoms with Crippen LogP contribution in [0.3, 0.4) is 0 Å². The Kier molecular flexibility index (Phi) is 2.80. The highest BCUT2D eigenvalue weighted by molar-refractivity contribution is 7.12. The molecule has 1 rings (SSSR count). The normalized spacial score (nSPS) is 11.2. The molecular weight excluding hydrogens is 162 g/mol. The molecule has 1 heterocycles. The van der Waals surface area contributed by atoms with Gasteiger partial charge < -0.3 is 4.84 Å². The second kappa shape index (κ2) is 3.88. The Morgan fingerprint density at radius 3 is 3.09 bits per heavy atom. The minimum absolute atomic E-state index is 0.211. The van der Waals surface area contributed by atoms with E-state index in [4.69, 9.17) is 0 Å². The van der Waals surface area contributed by atoms with Crippen LogP contribution in [0.1, 0.15) is 4.88 Å². The third kappa shape index (κ3) is 1.88. The van der Waals surface area contributed by atoms with E-state index in [0.29, 0.717) is 0 Å². The Bertz CT molecular complexity index is 253. The molecule has 4 heteroatoms. The Hall–Kier alpha value is -1.16. The van der Waals surface area contributed by atoms with E-state index < -0.39 is 0 Å². The smallest absolute Gasteiger partial charge is 0.258 e. The van der Waals surface area contributed by atoms with Crippen LogP contribution in [-0.2, 0) is 9.63 Å². The lowest BCUT2D eigenvalue weighted by atomic mass is 10.3. The minimum atomic E-state index is 0.211. The van der Waals surface area contributed by atoms with Crippen LogP contribution < -0.4 is 0 Å². The molecule has 0 bridgehead atoms. The van der Waals surface area contributed by atoms with Crippen molar-refractivity contribution in [1.82, 2.24) is 0 Å². The first-order valence-corrected chi connectivity index (χ1v) is 3.79. The van der Waals surface area contributed by atoms with E-state index in [9.17, 15) is 4.79 Å². The molecule has 0 aliphatic rings. The van der Waals surface area contributed by atoms with Gasteiger partial charge in [0.25, 0.3) is 6.29 Å². The zero-order chi connectivity index (χ0) is 8.10. The summed E-state index contributed by atoms with van der Waals surface area (Å²) in [4.78, 5) is 15.5. The van der Waals surface area contributed by atoms with E-state index in [1.54, 1.807) is 12.4 Å². The zero-order valence-corrected chi connectivity index (χ0v) is 6.72. The van der Waals surface area contributed by atoms with Gasteiger partial charge in [-0.1, -0.05) is 11.2 Å². The number of hydrogen-bond acceptors (Lipinski definition) is 4. The maximum Gasteiger partial charge on any atom is 0.258 e. The van der Waals surface area contributed by atoms with E-state index in [1.807, 2.05) is 11.4 Å². The van der Waals surface area contributed by atoms with Gasteiger partial charge in [0.15, 0.2) is 5.71 Å². The fraction of sp³-hybridized carbons (Fsp3) is 0.143. The van der Waals surface area contributed by atoms with Crippen LogP contribution in [0, 0.1) is 0 Å². The van der Waals surface area contributed by atoms with Gasteiger partial charge in [-0.3, -0.25) is 4.79 Å². The van der Waals surface area contributed by atoms with E-state index in [-0.39, 0.29) is 5.71 Å². The lowest BCUT2D eigenvalue weighted by molar-refractivity contribution is 0.214. The van der Waals surface area contributed by atoms with E-state index in [2.05, 4.69) is 9.99 Å². The van der Waals surface area contributed by atoms with Crippen LogP contribution in [0.5, 0.6) is 0 Å². The van der Waals surface area contributed by atoms with Crippen molar-refractivity contribution < 1.29 is 9.63 Å². The maximum atomic E-state index is 10.3. The molecule has 0 saturated carbocycles. The predicted octanol–water partition coefficient (Wildman–Crippen LogP) is 1.21. The summed E-state index contributed by atoms with van der Waals surface area (Å²) in [5, 5.41) is 5.35. The highest BCUT2D eigenvalue weighted by Crippen LogP contribution is 2.08. The van der Waals surface area contributed by atoms with Gasteiger partial charge in [0.2, 0.25) is 0 Å². The summed E-state index contributed by atoms with van der Waals surface area (Å²) in [6.45, 7) is 0. The number of hydrogen-bond donors (Lipinski definition) is 0. The van der Waals surface area contributed by atoms with Crippen molar-refractivity contribution in [2.45, 2.75) is 0 Å². The molecule has 0 unspecified atom stereocenters. The van der Waals surface area contributed by atoms with Crippen molar-refractivity contribution in [1.29, 1.82) is 0 Å². The number of carbonyl (C=O) groups excluding carboxylic acids is 1. The Labute approximate surface area is 68.3 Å². The fourth-order valence-electron chi connectivity index (χ4n) is 0.619. The molecule has 0 amide bonds. The molecule has 11 heavy (non-hydrogen) atoms. The van der Waals surface area contributed by atoms with Gasteiger partial charge in [-0.05, 0) is 11.4 Å². The quantitative estimate of drug-likeness (QED) is 0.502. The second-order valence-corrected chi connectivity index (χ2v) is 2.65. The molecule has 57 valence electrons. The first-order valence-electron chi connectivity index (χ1n) is 2.91. The van der Waals surface area contributed by atoms with Crippen molar-refractivity contribution in [3.05, 3.63) is 22.4 Å². The van der Waals surface area contributed by atoms with Gasteiger partial charge in [-0.15, -0.1) is 11.3 Å². The third-order valence-corrected chi connectivity index (χ3v) is 1.91. The number of nitrogens with zero attached hydrogens (tertiary/aromatic N) is 1. The molecule has 0 atom stereocenters. The summed E-state index contributed by atoms with van der Waals surface area (Å²) in [6, 6.07) is 3.62. The molecule has 1 radical (unpaired) electrons. The molecule has 1 aromatic heterocycles. The van der Waals surface area contributed by atoms with Crippen LogP contribution in [0.4, 0.5) is 0 Å². The lowest BCUT2D eigenvalue weighted by Gasteiger charge is -1.90. The van der Waals surface area contributed by atoms with Gasteiger partial charge in [0.1, 0.15) is 7.11 Å². The van der Waals surface area contributed by atoms with E-state index >= 15 is 0 Å². The van der Waals surface area contributed by atoms with E-state index in [0.717, 1.165) is 4.88 Å². The van der Waals surface area contributed by atoms with Crippen LogP contribution in [0.15, 0.2) is 22.7 Å². The molecule has 0 saturated heterocycles. The summed E-state index contributed by atoms with van der Waals surface area (Å²) < 4.78 is 0. The summed E-state index contributed by atoms with van der Waals surface area (Å²) in [5.41, 5.74) is 0.211. The van der Waals surface area contributed by atoms with Crippen molar-refractivity contribution in [3.8, 4) is 0 Å². The Morgan fingerprint density at radius 1 is 1.82 bits per heavy atom. The largest absolute Gasteiger partial charge is 0.399 e. The standard InChI is InChI=1S/C7H6NO2S/c1-10-8-6(5-9)7-3-2-4-11-7/h2-4H,1H3. The maximum absolute atomic E-state index is 10.3. The zero-order valence-electron chi connectivity index (χ0n) is 5.90. The van der Waals surface area contributed by atoms with Crippen LogP contribution in [0.2, 0.25) is 0 Å². The molecule has 0 aliphatic carbocycles. The van der Waals surface area contributed by atoms with Gasteiger partial charge in [0.05, 0.1) is 4.88 Å². The average Bonchev–Trinajstić information content (AvgIpc) is 2.52. The molecule has 3 nitrogen and oxygen atoms in total. The van der Waals surface area contributed by atoms with Crippen molar-refractivity contribution >= 4 is 23.3 Å². The summed E-state index contributed by atoms with van der Waals surface area (Å²) in [7, 11) is 1.39. The molecule has 0 aromatic carbocycles. The predicted molar refractivity (Wildman–Crippen MR) is 43.6 cm³/mol. The summed E-state index contributed by atoms with van der Waals surface area (Å²) >= 11 is 1.42. The van der Waals surface area contributed by atoms with Gasteiger partial charge in [-0.25, -0.2) is 0 Å². The molecule has 0 spiro atoms. The lowest BCUT2D eigenvalue weighted by Crippen LogP contribution is -1.99. The molecule has 0 fully saturated rings. The van der Waals surface area contributed by atoms with Gasteiger partial charge >= 0.3 is 0 Å². The first-order chi connectivity index (χ1) is 5.38. The van der Waals surface area contributed by atoms with Crippen LogP contribution in [0.25, 0.3) is 0 Å². The summed E-state index contributed by atoms with van der Waals surface area (Å²) in [6.07, 6.45) is 1.69. The van der Waals surface area contributed by atoms with Crippen molar-refractivity contribution in [3.63, 3.8) is 0 Å². The monoisotopic (exact) mass is 168 g/mol. The molecular formula is C7H6NO2S. The highest BCUT2D eigenvalue weighted by Gasteiger charge is 2.03.